The molecule has 0 aliphatic rings. The fourth-order valence-corrected chi connectivity index (χ4v) is 5.17. The van der Waals surface area contributed by atoms with Crippen molar-refractivity contribution < 1.29 is 17.6 Å². The third-order valence-electron chi connectivity index (χ3n) is 4.71. The van der Waals surface area contributed by atoms with Gasteiger partial charge >= 0.3 is 0 Å². The highest BCUT2D eigenvalue weighted by molar-refractivity contribution is 7.89. The zero-order valence-corrected chi connectivity index (χ0v) is 18.5. The summed E-state index contributed by atoms with van der Waals surface area (Å²) >= 11 is 12.0. The van der Waals surface area contributed by atoms with E-state index in [1.807, 2.05) is 0 Å². The number of carbonyl (C=O) groups excluding carboxylic acids is 1. The Hall–Kier alpha value is -2.45. The average molecular weight is 481 g/mol. The van der Waals surface area contributed by atoms with E-state index in [1.54, 1.807) is 30.3 Å². The van der Waals surface area contributed by atoms with Crippen molar-refractivity contribution in [2.24, 2.45) is 5.73 Å². The van der Waals surface area contributed by atoms with Gasteiger partial charge in [0.1, 0.15) is 11.9 Å². The Morgan fingerprint density at radius 3 is 2.23 bits per heavy atom. The summed E-state index contributed by atoms with van der Waals surface area (Å²) in [4.78, 5) is 12.4. The number of nitrogens with two attached hydrogens (primary N) is 1. The molecular weight excluding hydrogens is 462 g/mol. The minimum absolute atomic E-state index is 0.0377. The van der Waals surface area contributed by atoms with E-state index in [1.165, 1.54) is 36.4 Å². The monoisotopic (exact) mass is 480 g/mol. The van der Waals surface area contributed by atoms with Crippen molar-refractivity contribution in [3.8, 4) is 0 Å². The van der Waals surface area contributed by atoms with Crippen molar-refractivity contribution in [3.63, 3.8) is 0 Å². The number of rotatable bonds is 8. The van der Waals surface area contributed by atoms with Crippen LogP contribution in [0.5, 0.6) is 0 Å². The molecular formula is C22H19Cl2FN2O3S. The number of sulfonamides is 1. The summed E-state index contributed by atoms with van der Waals surface area (Å²) in [7, 11) is -4.14. The zero-order chi connectivity index (χ0) is 22.6. The van der Waals surface area contributed by atoms with Gasteiger partial charge in [0, 0.05) is 16.6 Å². The molecule has 3 aromatic carbocycles. The van der Waals surface area contributed by atoms with E-state index in [0.717, 1.165) is 10.4 Å². The van der Waals surface area contributed by atoms with Crippen molar-refractivity contribution in [1.29, 1.82) is 0 Å². The Balaban J connectivity index is 2.06. The minimum atomic E-state index is -4.14. The number of nitrogens with zero attached hydrogens (tertiary/aromatic N) is 1. The fourth-order valence-electron chi connectivity index (χ4n) is 3.19. The van der Waals surface area contributed by atoms with Crippen molar-refractivity contribution in [3.05, 3.63) is 99.8 Å². The highest BCUT2D eigenvalue weighted by atomic mass is 35.5. The van der Waals surface area contributed by atoms with Crippen LogP contribution >= 0.6 is 23.2 Å². The van der Waals surface area contributed by atoms with E-state index in [-0.39, 0.29) is 22.9 Å². The lowest BCUT2D eigenvalue weighted by molar-refractivity contribution is -0.121. The first-order valence-electron chi connectivity index (χ1n) is 9.26. The van der Waals surface area contributed by atoms with Crippen LogP contribution in [-0.4, -0.2) is 25.2 Å². The molecule has 0 aliphatic heterocycles. The highest BCUT2D eigenvalue weighted by Gasteiger charge is 2.35. The standard InChI is InChI=1S/C22H19Cl2FN2O3S/c23-17-7-10-19(11-8-17)31(29,30)27(13-12-15-6-9-18(25)14-20(15)24)21(22(26)28)16-4-2-1-3-5-16/h1-11,14,21H,12-13H2,(H2,26,28). The first-order chi connectivity index (χ1) is 14.7. The van der Waals surface area contributed by atoms with E-state index in [4.69, 9.17) is 28.9 Å². The lowest BCUT2D eigenvalue weighted by Gasteiger charge is -2.29. The predicted molar refractivity (Wildman–Crippen MR) is 119 cm³/mol. The number of hydrogen-bond donors (Lipinski definition) is 1. The molecule has 1 atom stereocenters. The topological polar surface area (TPSA) is 80.5 Å². The van der Waals surface area contributed by atoms with Crippen LogP contribution in [-0.2, 0) is 21.2 Å². The maximum absolute atomic E-state index is 13.5. The molecule has 3 rings (SSSR count). The molecule has 0 saturated heterocycles. The third kappa shape index (κ3) is 5.43. The predicted octanol–water partition coefficient (Wildman–Crippen LogP) is 4.59. The molecule has 0 heterocycles. The highest BCUT2D eigenvalue weighted by Crippen LogP contribution is 2.29. The second-order valence-corrected chi connectivity index (χ2v) is 9.51. The molecule has 1 amide bonds. The summed E-state index contributed by atoms with van der Waals surface area (Å²) in [5.41, 5.74) is 6.61. The zero-order valence-electron chi connectivity index (χ0n) is 16.2. The Bertz CT molecular complexity index is 1170. The number of hydrogen-bond acceptors (Lipinski definition) is 3. The van der Waals surface area contributed by atoms with Crippen LogP contribution in [0.2, 0.25) is 10.0 Å². The Labute approximate surface area is 190 Å². The first-order valence-corrected chi connectivity index (χ1v) is 11.5. The van der Waals surface area contributed by atoms with Crippen LogP contribution in [0.25, 0.3) is 0 Å². The van der Waals surface area contributed by atoms with Gasteiger partial charge in [0.05, 0.1) is 4.90 Å². The van der Waals surface area contributed by atoms with E-state index in [0.29, 0.717) is 16.1 Å². The third-order valence-corrected chi connectivity index (χ3v) is 7.19. The molecule has 0 bridgehead atoms. The van der Waals surface area contributed by atoms with Crippen molar-refractivity contribution >= 4 is 39.1 Å². The molecule has 0 fully saturated rings. The number of halogens is 3. The summed E-state index contributed by atoms with van der Waals surface area (Å²) < 4.78 is 41.4. The van der Waals surface area contributed by atoms with Gasteiger partial charge in [0.15, 0.2) is 0 Å². The van der Waals surface area contributed by atoms with Gasteiger partial charge < -0.3 is 5.73 Å². The summed E-state index contributed by atoms with van der Waals surface area (Å²) in [6.07, 6.45) is 0.141. The number of carbonyl (C=O) groups is 1. The average Bonchev–Trinajstić information content (AvgIpc) is 2.72. The maximum atomic E-state index is 13.5. The van der Waals surface area contributed by atoms with Crippen LogP contribution in [0.15, 0.2) is 77.7 Å². The molecule has 0 spiro atoms. The number of primary amides is 1. The first kappa shape index (κ1) is 23.2. The molecule has 3 aromatic rings. The van der Waals surface area contributed by atoms with Gasteiger partial charge in [0.2, 0.25) is 15.9 Å². The fraction of sp³-hybridized carbons (Fsp3) is 0.136. The van der Waals surface area contributed by atoms with Crippen LogP contribution < -0.4 is 5.73 Å². The Kier molecular flexibility index (Phi) is 7.33. The van der Waals surface area contributed by atoms with Crippen LogP contribution in [0.1, 0.15) is 17.2 Å². The quantitative estimate of drug-likeness (QED) is 0.511. The minimum Gasteiger partial charge on any atom is -0.368 e. The number of amides is 1. The largest absolute Gasteiger partial charge is 0.368 e. The SMILES string of the molecule is NC(=O)C(c1ccccc1)N(CCc1ccc(F)cc1Cl)S(=O)(=O)c1ccc(Cl)cc1. The molecule has 0 aromatic heterocycles. The van der Waals surface area contributed by atoms with Gasteiger partial charge in [-0.2, -0.15) is 4.31 Å². The van der Waals surface area contributed by atoms with E-state index in [2.05, 4.69) is 0 Å². The molecule has 0 aliphatic carbocycles. The van der Waals surface area contributed by atoms with Gasteiger partial charge in [-0.05, 0) is 53.9 Å². The molecule has 9 heteroatoms. The van der Waals surface area contributed by atoms with Crippen LogP contribution in [0.4, 0.5) is 4.39 Å². The molecule has 2 N–H and O–H groups in total. The Morgan fingerprint density at radius 1 is 1.00 bits per heavy atom. The van der Waals surface area contributed by atoms with Crippen LogP contribution in [0.3, 0.4) is 0 Å². The summed E-state index contributed by atoms with van der Waals surface area (Å²) in [5, 5.41) is 0.539. The molecule has 5 nitrogen and oxygen atoms in total. The molecule has 162 valence electrons. The normalized spacial score (nSPS) is 12.6. The van der Waals surface area contributed by atoms with Crippen molar-refractivity contribution in [2.75, 3.05) is 6.54 Å². The van der Waals surface area contributed by atoms with Gasteiger partial charge in [0.25, 0.3) is 0 Å². The van der Waals surface area contributed by atoms with Gasteiger partial charge in [-0.1, -0.05) is 59.6 Å². The molecule has 31 heavy (non-hydrogen) atoms. The smallest absolute Gasteiger partial charge is 0.244 e. The Morgan fingerprint density at radius 2 is 1.65 bits per heavy atom. The van der Waals surface area contributed by atoms with Crippen molar-refractivity contribution in [2.45, 2.75) is 17.4 Å². The van der Waals surface area contributed by atoms with Gasteiger partial charge in [-0.15, -0.1) is 0 Å². The maximum Gasteiger partial charge on any atom is 0.244 e. The van der Waals surface area contributed by atoms with E-state index < -0.39 is 27.8 Å². The lowest BCUT2D eigenvalue weighted by Crippen LogP contribution is -2.42. The second kappa shape index (κ2) is 9.78. The summed E-state index contributed by atoms with van der Waals surface area (Å²) in [5.74, 6) is -1.33. The molecule has 0 radical (unpaired) electrons. The van der Waals surface area contributed by atoms with E-state index in [9.17, 15) is 17.6 Å². The lowest BCUT2D eigenvalue weighted by atomic mass is 10.1. The molecule has 0 saturated carbocycles. The van der Waals surface area contributed by atoms with E-state index >= 15 is 0 Å². The second-order valence-electron chi connectivity index (χ2n) is 6.77. The van der Waals surface area contributed by atoms with Crippen LogP contribution in [0, 0.1) is 5.82 Å². The summed E-state index contributed by atoms with van der Waals surface area (Å²) in [6, 6.07) is 16.6. The van der Waals surface area contributed by atoms with Crippen molar-refractivity contribution in [1.82, 2.24) is 4.31 Å². The number of benzene rings is 3. The summed E-state index contributed by atoms with van der Waals surface area (Å²) in [6.45, 7) is -0.112. The van der Waals surface area contributed by atoms with Gasteiger partial charge in [-0.25, -0.2) is 12.8 Å². The molecule has 1 unspecified atom stereocenters. The van der Waals surface area contributed by atoms with Gasteiger partial charge in [-0.3, -0.25) is 4.79 Å².